The fraction of sp³-hybridized carbons (Fsp3) is 0.438. The molecule has 3 nitrogen and oxygen atoms in total. The molecule has 0 aliphatic carbocycles. The van der Waals surface area contributed by atoms with E-state index in [4.69, 9.17) is 0 Å². The maximum Gasteiger partial charge on any atom is 0.123 e. The average molecular weight is 305 g/mol. The summed E-state index contributed by atoms with van der Waals surface area (Å²) in [7, 11) is 0. The van der Waals surface area contributed by atoms with Crippen molar-refractivity contribution >= 4 is 11.3 Å². The number of benzene rings is 1. The van der Waals surface area contributed by atoms with Gasteiger partial charge in [-0.2, -0.15) is 0 Å². The third-order valence-electron chi connectivity index (χ3n) is 3.88. The number of thiazole rings is 1. The maximum atomic E-state index is 13.5. The molecule has 1 aliphatic heterocycles. The van der Waals surface area contributed by atoms with E-state index >= 15 is 0 Å². The Morgan fingerprint density at radius 2 is 2.38 bits per heavy atom. The van der Waals surface area contributed by atoms with Crippen LogP contribution in [-0.4, -0.2) is 29.5 Å². The molecule has 0 bridgehead atoms. The van der Waals surface area contributed by atoms with E-state index in [0.29, 0.717) is 0 Å². The quantitative estimate of drug-likeness (QED) is 0.941. The Labute approximate surface area is 128 Å². The second-order valence-corrected chi connectivity index (χ2v) is 6.52. The van der Waals surface area contributed by atoms with Crippen molar-refractivity contribution in [2.75, 3.05) is 19.6 Å². The monoisotopic (exact) mass is 305 g/mol. The van der Waals surface area contributed by atoms with Gasteiger partial charge in [0.05, 0.1) is 6.54 Å². The van der Waals surface area contributed by atoms with Crippen LogP contribution in [0, 0.1) is 5.82 Å². The zero-order chi connectivity index (χ0) is 14.7. The third kappa shape index (κ3) is 3.48. The molecular formula is C16H20FN3S. The van der Waals surface area contributed by atoms with Crippen LogP contribution in [0.25, 0.3) is 0 Å². The van der Waals surface area contributed by atoms with Gasteiger partial charge in [-0.3, -0.25) is 4.90 Å². The van der Waals surface area contributed by atoms with Crippen LogP contribution in [0.3, 0.4) is 0 Å². The first kappa shape index (κ1) is 14.6. The highest BCUT2D eigenvalue weighted by atomic mass is 32.1. The summed E-state index contributed by atoms with van der Waals surface area (Å²) >= 11 is 1.78. The fourth-order valence-electron chi connectivity index (χ4n) is 2.74. The van der Waals surface area contributed by atoms with E-state index in [1.807, 2.05) is 12.3 Å². The van der Waals surface area contributed by atoms with Gasteiger partial charge in [-0.15, -0.1) is 11.3 Å². The Bertz CT molecular complexity index is 599. The predicted octanol–water partition coefficient (Wildman–Crippen LogP) is 2.99. The molecule has 1 atom stereocenters. The minimum absolute atomic E-state index is 0.166. The van der Waals surface area contributed by atoms with Crippen LogP contribution in [-0.2, 0) is 13.0 Å². The summed E-state index contributed by atoms with van der Waals surface area (Å²) in [5.74, 6) is -0.166. The molecule has 0 amide bonds. The van der Waals surface area contributed by atoms with Crippen LogP contribution in [0.4, 0.5) is 4.39 Å². The van der Waals surface area contributed by atoms with Gasteiger partial charge in [0, 0.05) is 36.8 Å². The molecule has 3 rings (SSSR count). The van der Waals surface area contributed by atoms with E-state index in [9.17, 15) is 4.39 Å². The number of hydrogen-bond donors (Lipinski definition) is 1. The number of halogens is 1. The Morgan fingerprint density at radius 1 is 1.48 bits per heavy atom. The van der Waals surface area contributed by atoms with Gasteiger partial charge in [0.15, 0.2) is 0 Å². The van der Waals surface area contributed by atoms with Crippen molar-refractivity contribution in [1.29, 1.82) is 0 Å². The molecule has 0 radical (unpaired) electrons. The number of aryl methyl sites for hydroxylation is 1. The minimum atomic E-state index is -0.166. The van der Waals surface area contributed by atoms with Crippen molar-refractivity contribution in [3.8, 4) is 0 Å². The number of nitrogens with one attached hydrogen (secondary N) is 1. The highest BCUT2D eigenvalue weighted by Crippen LogP contribution is 2.26. The Morgan fingerprint density at radius 3 is 3.14 bits per heavy atom. The molecule has 112 valence electrons. The third-order valence-corrected chi connectivity index (χ3v) is 5.00. The predicted molar refractivity (Wildman–Crippen MR) is 83.9 cm³/mol. The first-order valence-corrected chi connectivity index (χ1v) is 8.21. The first-order valence-electron chi connectivity index (χ1n) is 7.40. The average Bonchev–Trinajstić information content (AvgIpc) is 2.95. The highest BCUT2D eigenvalue weighted by Gasteiger charge is 2.24. The lowest BCUT2D eigenvalue weighted by Crippen LogP contribution is -2.45. The second kappa shape index (κ2) is 6.64. The molecule has 0 spiro atoms. The number of aromatic nitrogens is 1. The van der Waals surface area contributed by atoms with Crippen molar-refractivity contribution in [3.05, 3.63) is 51.7 Å². The SMILES string of the molecule is CCc1cnc(CN2CCNCC2c2cccc(F)c2)s1. The molecule has 1 saturated heterocycles. The van der Waals surface area contributed by atoms with Gasteiger partial charge in [-0.05, 0) is 24.1 Å². The zero-order valence-electron chi connectivity index (χ0n) is 12.2. The Kier molecular flexibility index (Phi) is 4.63. The summed E-state index contributed by atoms with van der Waals surface area (Å²) in [6.07, 6.45) is 3.01. The van der Waals surface area contributed by atoms with E-state index in [1.165, 1.54) is 10.9 Å². The van der Waals surface area contributed by atoms with Crippen molar-refractivity contribution in [2.45, 2.75) is 25.9 Å². The van der Waals surface area contributed by atoms with E-state index in [0.717, 1.165) is 43.2 Å². The molecule has 1 aliphatic rings. The van der Waals surface area contributed by atoms with Crippen molar-refractivity contribution in [3.63, 3.8) is 0 Å². The molecule has 1 unspecified atom stereocenters. The second-order valence-electron chi connectivity index (χ2n) is 5.32. The summed E-state index contributed by atoms with van der Waals surface area (Å²) in [6, 6.07) is 7.15. The maximum absolute atomic E-state index is 13.5. The van der Waals surface area contributed by atoms with Crippen molar-refractivity contribution in [1.82, 2.24) is 15.2 Å². The van der Waals surface area contributed by atoms with Crippen LogP contribution in [0.15, 0.2) is 30.5 Å². The summed E-state index contributed by atoms with van der Waals surface area (Å²) in [4.78, 5) is 8.22. The van der Waals surface area contributed by atoms with Gasteiger partial charge < -0.3 is 5.32 Å². The van der Waals surface area contributed by atoms with Crippen LogP contribution in [0.2, 0.25) is 0 Å². The van der Waals surface area contributed by atoms with E-state index in [1.54, 1.807) is 23.5 Å². The molecule has 1 aromatic heterocycles. The molecule has 1 N–H and O–H groups in total. The van der Waals surface area contributed by atoms with Crippen LogP contribution < -0.4 is 5.32 Å². The van der Waals surface area contributed by atoms with Crippen molar-refractivity contribution in [2.24, 2.45) is 0 Å². The lowest BCUT2D eigenvalue weighted by atomic mass is 10.0. The van der Waals surface area contributed by atoms with Crippen molar-refractivity contribution < 1.29 is 4.39 Å². The number of rotatable bonds is 4. The minimum Gasteiger partial charge on any atom is -0.314 e. The summed E-state index contributed by atoms with van der Waals surface area (Å²) in [5, 5.41) is 4.55. The van der Waals surface area contributed by atoms with Gasteiger partial charge in [-0.25, -0.2) is 9.37 Å². The smallest absolute Gasteiger partial charge is 0.123 e. The first-order chi connectivity index (χ1) is 10.3. The lowest BCUT2D eigenvalue weighted by Gasteiger charge is -2.36. The molecule has 1 aromatic carbocycles. The summed E-state index contributed by atoms with van der Waals surface area (Å²) in [5.41, 5.74) is 1.04. The molecule has 2 heterocycles. The van der Waals surface area contributed by atoms with Crippen LogP contribution >= 0.6 is 11.3 Å². The molecule has 21 heavy (non-hydrogen) atoms. The van der Waals surface area contributed by atoms with Gasteiger partial charge in [-0.1, -0.05) is 19.1 Å². The van der Waals surface area contributed by atoms with Crippen LogP contribution in [0.5, 0.6) is 0 Å². The van der Waals surface area contributed by atoms with Gasteiger partial charge in [0.25, 0.3) is 0 Å². The van der Waals surface area contributed by atoms with Gasteiger partial charge in [0.2, 0.25) is 0 Å². The topological polar surface area (TPSA) is 28.2 Å². The molecule has 0 saturated carbocycles. The van der Waals surface area contributed by atoms with Gasteiger partial charge >= 0.3 is 0 Å². The fourth-order valence-corrected chi connectivity index (χ4v) is 3.62. The Hall–Kier alpha value is -1.30. The zero-order valence-corrected chi connectivity index (χ0v) is 13.0. The molecule has 5 heteroatoms. The lowest BCUT2D eigenvalue weighted by molar-refractivity contribution is 0.153. The summed E-state index contributed by atoms with van der Waals surface area (Å²) in [6.45, 7) is 5.78. The number of nitrogens with zero attached hydrogens (tertiary/aromatic N) is 2. The largest absolute Gasteiger partial charge is 0.314 e. The number of hydrogen-bond acceptors (Lipinski definition) is 4. The van der Waals surface area contributed by atoms with E-state index in [2.05, 4.69) is 22.1 Å². The Balaban J connectivity index is 1.78. The highest BCUT2D eigenvalue weighted by molar-refractivity contribution is 7.11. The number of piperazine rings is 1. The van der Waals surface area contributed by atoms with Crippen LogP contribution in [0.1, 0.15) is 28.4 Å². The normalized spacial score (nSPS) is 19.8. The standard InChI is InChI=1S/C16H20FN3S/c1-2-14-9-19-16(21-14)11-20-7-6-18-10-15(20)12-4-3-5-13(17)8-12/h3-5,8-9,15,18H,2,6-7,10-11H2,1H3. The molecular weight excluding hydrogens is 285 g/mol. The van der Waals surface area contributed by atoms with E-state index < -0.39 is 0 Å². The van der Waals surface area contributed by atoms with E-state index in [-0.39, 0.29) is 11.9 Å². The molecule has 2 aromatic rings. The molecule has 1 fully saturated rings. The van der Waals surface area contributed by atoms with Gasteiger partial charge in [0.1, 0.15) is 10.8 Å². The summed E-state index contributed by atoms with van der Waals surface area (Å²) < 4.78 is 13.5.